The van der Waals surface area contributed by atoms with Gasteiger partial charge in [-0.3, -0.25) is 0 Å². The van der Waals surface area contributed by atoms with Gasteiger partial charge in [0.25, 0.3) is 0 Å². The van der Waals surface area contributed by atoms with Crippen molar-refractivity contribution in [2.24, 2.45) is 0 Å². The fraction of sp³-hybridized carbons (Fsp3) is 0.455. The van der Waals surface area contributed by atoms with Gasteiger partial charge in [0.05, 0.1) is 12.7 Å². The summed E-state index contributed by atoms with van der Waals surface area (Å²) in [5.74, 6) is 0.289. The zero-order valence-corrected chi connectivity index (χ0v) is 8.66. The van der Waals surface area contributed by atoms with Crippen molar-refractivity contribution in [1.82, 2.24) is 5.32 Å². The van der Waals surface area contributed by atoms with Crippen LogP contribution in [0, 0.1) is 0 Å². The van der Waals surface area contributed by atoms with Gasteiger partial charge in [0, 0.05) is 6.54 Å². The van der Waals surface area contributed by atoms with Crippen LogP contribution in [0.3, 0.4) is 0 Å². The Hall–Kier alpha value is -1.06. The lowest BCUT2D eigenvalue weighted by atomic mass is 10.2. The summed E-state index contributed by atoms with van der Waals surface area (Å²) in [4.78, 5) is 0. The fourth-order valence-corrected chi connectivity index (χ4v) is 1.18. The van der Waals surface area contributed by atoms with E-state index >= 15 is 0 Å². The summed E-state index contributed by atoms with van der Waals surface area (Å²) in [6.07, 6.45) is 0.203. The van der Waals surface area contributed by atoms with Crippen molar-refractivity contribution in [3.63, 3.8) is 0 Å². The summed E-state index contributed by atoms with van der Waals surface area (Å²) in [6.45, 7) is 3.46. The molecular weight excluding hydrogens is 178 g/mol. The number of rotatable bonds is 5. The van der Waals surface area contributed by atoms with Gasteiger partial charge >= 0.3 is 0 Å². The molecule has 0 radical (unpaired) electrons. The normalized spacial score (nSPS) is 12.7. The maximum Gasteiger partial charge on any atom is 0.115 e. The van der Waals surface area contributed by atoms with E-state index in [0.717, 1.165) is 12.1 Å². The lowest BCUT2D eigenvalue weighted by Crippen LogP contribution is -2.23. The highest BCUT2D eigenvalue weighted by Crippen LogP contribution is 2.10. The molecule has 0 saturated heterocycles. The number of phenolic OH excluding ortho intramolecular Hbond substituents is 1. The third-order valence-corrected chi connectivity index (χ3v) is 1.96. The van der Waals surface area contributed by atoms with Crippen LogP contribution in [0.4, 0.5) is 0 Å². The predicted octanol–water partition coefficient (Wildman–Crippen LogP) is 1.52. The first-order chi connectivity index (χ1) is 6.72. The van der Waals surface area contributed by atoms with Crippen LogP contribution in [0.25, 0.3) is 0 Å². The standard InChI is InChI=1S/C11H17NO2/c1-9(7-12-2)14-8-10-3-5-11(13)6-4-10/h3-6,9,12-13H,7-8H2,1-2H3. The van der Waals surface area contributed by atoms with Crippen LogP contribution in [-0.2, 0) is 11.3 Å². The van der Waals surface area contributed by atoms with E-state index in [0.29, 0.717) is 6.61 Å². The van der Waals surface area contributed by atoms with Crippen molar-refractivity contribution in [1.29, 1.82) is 0 Å². The van der Waals surface area contributed by atoms with E-state index in [9.17, 15) is 0 Å². The van der Waals surface area contributed by atoms with Crippen molar-refractivity contribution >= 4 is 0 Å². The Labute approximate surface area is 84.7 Å². The summed E-state index contributed by atoms with van der Waals surface area (Å²) >= 11 is 0. The molecule has 0 aliphatic heterocycles. The van der Waals surface area contributed by atoms with Crippen molar-refractivity contribution in [3.8, 4) is 5.75 Å². The maximum absolute atomic E-state index is 9.07. The number of likely N-dealkylation sites (N-methyl/N-ethyl adjacent to an activating group) is 1. The van der Waals surface area contributed by atoms with Gasteiger partial charge in [0.15, 0.2) is 0 Å². The average Bonchev–Trinajstić information content (AvgIpc) is 2.17. The smallest absolute Gasteiger partial charge is 0.115 e. The molecule has 0 bridgehead atoms. The molecule has 0 heterocycles. The second-order valence-corrected chi connectivity index (χ2v) is 3.35. The van der Waals surface area contributed by atoms with Crippen LogP contribution in [0.5, 0.6) is 5.75 Å². The summed E-state index contributed by atoms with van der Waals surface area (Å²) in [7, 11) is 1.90. The molecule has 1 aromatic carbocycles. The van der Waals surface area contributed by atoms with Gasteiger partial charge in [-0.15, -0.1) is 0 Å². The Bertz CT molecular complexity index is 258. The van der Waals surface area contributed by atoms with E-state index < -0.39 is 0 Å². The highest BCUT2D eigenvalue weighted by molar-refractivity contribution is 5.25. The largest absolute Gasteiger partial charge is 0.508 e. The monoisotopic (exact) mass is 195 g/mol. The number of hydrogen-bond donors (Lipinski definition) is 2. The topological polar surface area (TPSA) is 41.5 Å². The van der Waals surface area contributed by atoms with Gasteiger partial charge in [0.1, 0.15) is 5.75 Å². The molecule has 0 aliphatic carbocycles. The van der Waals surface area contributed by atoms with Gasteiger partial charge in [-0.05, 0) is 31.7 Å². The van der Waals surface area contributed by atoms with Crippen LogP contribution in [0.1, 0.15) is 12.5 Å². The molecule has 3 nitrogen and oxygen atoms in total. The zero-order chi connectivity index (χ0) is 10.4. The minimum atomic E-state index is 0.203. The Kier molecular flexibility index (Phi) is 4.43. The highest BCUT2D eigenvalue weighted by atomic mass is 16.5. The number of nitrogens with one attached hydrogen (secondary N) is 1. The van der Waals surface area contributed by atoms with E-state index in [1.54, 1.807) is 12.1 Å². The predicted molar refractivity (Wildman–Crippen MR) is 56.3 cm³/mol. The number of aromatic hydroxyl groups is 1. The van der Waals surface area contributed by atoms with Crippen LogP contribution in [-0.4, -0.2) is 24.8 Å². The van der Waals surface area contributed by atoms with Gasteiger partial charge in [-0.1, -0.05) is 12.1 Å². The summed E-state index contributed by atoms with van der Waals surface area (Å²) < 4.78 is 5.56. The first-order valence-corrected chi connectivity index (χ1v) is 4.76. The van der Waals surface area contributed by atoms with E-state index in [1.165, 1.54) is 0 Å². The molecule has 1 atom stereocenters. The molecule has 2 N–H and O–H groups in total. The van der Waals surface area contributed by atoms with Gasteiger partial charge in [0.2, 0.25) is 0 Å². The molecule has 0 aromatic heterocycles. The van der Waals surface area contributed by atoms with Gasteiger partial charge < -0.3 is 15.2 Å². The van der Waals surface area contributed by atoms with Crippen LogP contribution >= 0.6 is 0 Å². The van der Waals surface area contributed by atoms with Crippen molar-refractivity contribution in [2.75, 3.05) is 13.6 Å². The van der Waals surface area contributed by atoms with Crippen molar-refractivity contribution in [3.05, 3.63) is 29.8 Å². The molecule has 0 fully saturated rings. The second-order valence-electron chi connectivity index (χ2n) is 3.35. The Morgan fingerprint density at radius 3 is 2.57 bits per heavy atom. The second kappa shape index (κ2) is 5.62. The lowest BCUT2D eigenvalue weighted by molar-refractivity contribution is 0.0545. The quantitative estimate of drug-likeness (QED) is 0.748. The third-order valence-electron chi connectivity index (χ3n) is 1.96. The van der Waals surface area contributed by atoms with Crippen LogP contribution in [0.2, 0.25) is 0 Å². The van der Waals surface area contributed by atoms with Crippen LogP contribution in [0.15, 0.2) is 24.3 Å². The Balaban J connectivity index is 2.34. The fourth-order valence-electron chi connectivity index (χ4n) is 1.18. The minimum absolute atomic E-state index is 0.203. The van der Waals surface area contributed by atoms with Crippen molar-refractivity contribution in [2.45, 2.75) is 19.6 Å². The molecule has 78 valence electrons. The zero-order valence-electron chi connectivity index (χ0n) is 8.66. The third kappa shape index (κ3) is 3.77. The SMILES string of the molecule is CNCC(C)OCc1ccc(O)cc1. The molecule has 0 aliphatic rings. The van der Waals surface area contributed by atoms with Crippen molar-refractivity contribution < 1.29 is 9.84 Å². The molecule has 0 amide bonds. The molecule has 1 unspecified atom stereocenters. The van der Waals surface area contributed by atoms with E-state index in [2.05, 4.69) is 5.32 Å². The number of ether oxygens (including phenoxy) is 1. The average molecular weight is 195 g/mol. The molecule has 0 spiro atoms. The molecule has 14 heavy (non-hydrogen) atoms. The molecule has 1 aromatic rings. The number of phenols is 1. The number of benzene rings is 1. The first kappa shape index (κ1) is 11.0. The molecule has 3 heteroatoms. The van der Waals surface area contributed by atoms with E-state index in [1.807, 2.05) is 26.1 Å². The lowest BCUT2D eigenvalue weighted by Gasteiger charge is -2.12. The Morgan fingerprint density at radius 1 is 1.36 bits per heavy atom. The first-order valence-electron chi connectivity index (χ1n) is 4.76. The summed E-state index contributed by atoms with van der Waals surface area (Å²) in [5.41, 5.74) is 1.07. The van der Waals surface area contributed by atoms with Gasteiger partial charge in [-0.2, -0.15) is 0 Å². The summed E-state index contributed by atoms with van der Waals surface area (Å²) in [5, 5.41) is 12.1. The van der Waals surface area contributed by atoms with E-state index in [-0.39, 0.29) is 11.9 Å². The van der Waals surface area contributed by atoms with E-state index in [4.69, 9.17) is 9.84 Å². The molecule has 1 rings (SSSR count). The molecule has 0 saturated carbocycles. The summed E-state index contributed by atoms with van der Waals surface area (Å²) in [6, 6.07) is 7.06. The minimum Gasteiger partial charge on any atom is -0.508 e. The Morgan fingerprint density at radius 2 is 2.00 bits per heavy atom. The maximum atomic E-state index is 9.07. The van der Waals surface area contributed by atoms with Gasteiger partial charge in [-0.25, -0.2) is 0 Å². The number of hydrogen-bond acceptors (Lipinski definition) is 3. The molecular formula is C11H17NO2. The highest BCUT2D eigenvalue weighted by Gasteiger charge is 2.00. The van der Waals surface area contributed by atoms with Crippen LogP contribution < -0.4 is 5.32 Å².